The molecule has 3 aromatic carbocycles. The van der Waals surface area contributed by atoms with Crippen LogP contribution in [-0.4, -0.2) is 49.8 Å². The van der Waals surface area contributed by atoms with Crippen LogP contribution in [-0.2, 0) is 25.4 Å². The molecular formula is C36H41Cl2N2O6S-. The number of piperidine rings is 1. The summed E-state index contributed by atoms with van der Waals surface area (Å²) in [6.45, 7) is 9.30. The number of ether oxygens (including phenoxy) is 1. The number of benzene rings is 3. The highest BCUT2D eigenvalue weighted by molar-refractivity contribution is 7.79. The summed E-state index contributed by atoms with van der Waals surface area (Å²) in [7, 11) is 1.29. The van der Waals surface area contributed by atoms with Gasteiger partial charge in [0.15, 0.2) is 0 Å². The number of likely N-dealkylation sites (tertiary alicyclic amines) is 1. The maximum atomic E-state index is 15.0. The lowest BCUT2D eigenvalue weighted by Crippen LogP contribution is -2.61. The molecule has 2 amide bonds. The third kappa shape index (κ3) is 8.26. The number of carbonyl (C=O) groups excluding carboxylic acids is 3. The molecule has 252 valence electrons. The number of anilines is 1. The third-order valence-electron chi connectivity index (χ3n) is 8.95. The summed E-state index contributed by atoms with van der Waals surface area (Å²) in [6, 6.07) is 19.7. The zero-order chi connectivity index (χ0) is 34.6. The highest BCUT2D eigenvalue weighted by Gasteiger charge is 2.54. The fraction of sp³-hybridized carbons (Fsp3) is 0.417. The molecule has 6 atom stereocenters. The van der Waals surface area contributed by atoms with Gasteiger partial charge in [-0.15, -0.1) is 0 Å². The smallest absolute Gasteiger partial charge is 0.337 e. The first kappa shape index (κ1) is 36.6. The molecule has 0 spiro atoms. The van der Waals surface area contributed by atoms with Crippen LogP contribution in [0.25, 0.3) is 0 Å². The van der Waals surface area contributed by atoms with E-state index in [4.69, 9.17) is 27.9 Å². The quantitative estimate of drug-likeness (QED) is 0.161. The average Bonchev–Trinajstić information content (AvgIpc) is 3.01. The van der Waals surface area contributed by atoms with Gasteiger partial charge in [-0.2, -0.15) is 0 Å². The molecule has 0 bridgehead atoms. The van der Waals surface area contributed by atoms with Gasteiger partial charge < -0.3 is 19.5 Å². The number of hydrogen-bond acceptors (Lipinski definition) is 6. The normalized spacial score (nSPS) is 21.8. The van der Waals surface area contributed by atoms with Crippen LogP contribution >= 0.6 is 23.2 Å². The van der Waals surface area contributed by atoms with Crippen molar-refractivity contribution >= 4 is 57.8 Å². The fourth-order valence-electron chi connectivity index (χ4n) is 6.83. The van der Waals surface area contributed by atoms with Crippen molar-refractivity contribution in [3.05, 3.63) is 99.5 Å². The number of rotatable bonds is 11. The minimum absolute atomic E-state index is 0.164. The van der Waals surface area contributed by atoms with Crippen molar-refractivity contribution in [1.82, 2.24) is 4.90 Å². The zero-order valence-electron chi connectivity index (χ0n) is 27.4. The predicted octanol–water partition coefficient (Wildman–Crippen LogP) is 7.80. The molecule has 0 aromatic heterocycles. The Balaban J connectivity index is 1.85. The van der Waals surface area contributed by atoms with Crippen molar-refractivity contribution in [2.45, 2.75) is 70.7 Å². The van der Waals surface area contributed by atoms with Crippen LogP contribution in [0.3, 0.4) is 0 Å². The Morgan fingerprint density at radius 1 is 0.979 bits per heavy atom. The van der Waals surface area contributed by atoms with Crippen LogP contribution in [0.4, 0.5) is 5.69 Å². The second-order valence-corrected chi connectivity index (χ2v) is 15.1. The topological polar surface area (TPSA) is 116 Å². The van der Waals surface area contributed by atoms with Crippen molar-refractivity contribution in [3.8, 4) is 0 Å². The van der Waals surface area contributed by atoms with Crippen LogP contribution in [0.5, 0.6) is 0 Å². The molecule has 0 saturated carbocycles. The maximum Gasteiger partial charge on any atom is 0.337 e. The standard InChI is InChI=1S/C36H42Cl2N2O6S/c1-21(2)31(33(22(3)4)47(44)45)40-32(23-10-14-26(37)15-11-23)29(25-8-7-9-27(38)18-25)19-36(5,35(40)43)20-30(41)39-28-16-12-24(13-17-28)34(42)46-6/h7-18,21-22,29,31-33H,19-20H2,1-6H3,(H,39,41)(H,44,45)/p-1/t29-,31+,32-,33?,36-/m1/s1. The van der Waals surface area contributed by atoms with Crippen LogP contribution in [0, 0.1) is 17.3 Å². The molecule has 1 saturated heterocycles. The largest absolute Gasteiger partial charge is 0.772 e. The highest BCUT2D eigenvalue weighted by atomic mass is 35.5. The molecule has 47 heavy (non-hydrogen) atoms. The van der Waals surface area contributed by atoms with E-state index in [9.17, 15) is 18.4 Å². The second kappa shape index (κ2) is 15.3. The first-order chi connectivity index (χ1) is 22.2. The van der Waals surface area contributed by atoms with Crippen molar-refractivity contribution < 1.29 is 27.9 Å². The van der Waals surface area contributed by atoms with E-state index in [1.807, 2.05) is 58.0 Å². The predicted molar refractivity (Wildman–Crippen MR) is 185 cm³/mol. The van der Waals surface area contributed by atoms with Crippen LogP contribution in [0.15, 0.2) is 72.8 Å². The van der Waals surface area contributed by atoms with Gasteiger partial charge in [0.05, 0.1) is 24.1 Å². The van der Waals surface area contributed by atoms with E-state index < -0.39 is 45.7 Å². The number of nitrogens with one attached hydrogen (secondary N) is 1. The van der Waals surface area contributed by atoms with Crippen molar-refractivity contribution in [2.75, 3.05) is 12.4 Å². The van der Waals surface area contributed by atoms with Crippen molar-refractivity contribution in [2.24, 2.45) is 17.3 Å². The number of carbonyl (C=O) groups is 3. The fourth-order valence-corrected chi connectivity index (χ4v) is 8.27. The number of esters is 1. The lowest BCUT2D eigenvalue weighted by molar-refractivity contribution is -0.158. The Kier molecular flexibility index (Phi) is 11.9. The van der Waals surface area contributed by atoms with Crippen LogP contribution in [0.1, 0.15) is 80.9 Å². The molecule has 2 unspecified atom stereocenters. The van der Waals surface area contributed by atoms with E-state index in [0.29, 0.717) is 27.7 Å². The molecule has 1 N–H and O–H groups in total. The third-order valence-corrected chi connectivity index (χ3v) is 10.7. The second-order valence-electron chi connectivity index (χ2n) is 13.1. The molecule has 8 nitrogen and oxygen atoms in total. The number of methoxy groups -OCH3 is 1. The number of halogens is 2. The lowest BCUT2D eigenvalue weighted by Gasteiger charge is -2.55. The van der Waals surface area contributed by atoms with Crippen LogP contribution < -0.4 is 5.32 Å². The molecular weight excluding hydrogens is 659 g/mol. The van der Waals surface area contributed by atoms with Gasteiger partial charge in [-0.25, -0.2) is 4.79 Å². The number of hydrogen-bond donors (Lipinski definition) is 1. The van der Waals surface area contributed by atoms with E-state index in [0.717, 1.165) is 11.1 Å². The Labute approximate surface area is 289 Å². The Morgan fingerprint density at radius 3 is 2.15 bits per heavy atom. The Morgan fingerprint density at radius 2 is 1.62 bits per heavy atom. The van der Waals surface area contributed by atoms with E-state index in [1.165, 1.54) is 7.11 Å². The van der Waals surface area contributed by atoms with Gasteiger partial charge in [0.1, 0.15) is 0 Å². The summed E-state index contributed by atoms with van der Waals surface area (Å²) in [5, 5.41) is 3.04. The molecule has 3 aromatic rings. The monoisotopic (exact) mass is 699 g/mol. The summed E-state index contributed by atoms with van der Waals surface area (Å²) in [5.41, 5.74) is 1.24. The number of nitrogens with zero attached hydrogens (tertiary/aromatic N) is 1. The Hall–Kier alpha value is -3.24. The van der Waals surface area contributed by atoms with E-state index in [-0.39, 0.29) is 30.1 Å². The summed E-state index contributed by atoms with van der Waals surface area (Å²) >= 11 is 10.3. The molecule has 0 aliphatic carbocycles. The molecule has 1 aliphatic heterocycles. The highest BCUT2D eigenvalue weighted by Crippen LogP contribution is 2.53. The minimum Gasteiger partial charge on any atom is -0.772 e. The Bertz CT molecular complexity index is 1610. The van der Waals surface area contributed by atoms with Gasteiger partial charge in [-0.05, 0) is 89.0 Å². The van der Waals surface area contributed by atoms with E-state index >= 15 is 4.79 Å². The van der Waals surface area contributed by atoms with Crippen molar-refractivity contribution in [1.29, 1.82) is 0 Å². The minimum atomic E-state index is -2.50. The van der Waals surface area contributed by atoms with E-state index in [2.05, 4.69) is 5.32 Å². The first-order valence-corrected chi connectivity index (χ1v) is 17.5. The molecule has 1 aliphatic rings. The summed E-state index contributed by atoms with van der Waals surface area (Å²) in [5.74, 6) is -2.09. The average molecular weight is 701 g/mol. The molecule has 1 fully saturated rings. The maximum absolute atomic E-state index is 15.0. The molecule has 11 heteroatoms. The molecule has 0 radical (unpaired) electrons. The van der Waals surface area contributed by atoms with Gasteiger partial charge in [-0.3, -0.25) is 13.8 Å². The molecule has 1 heterocycles. The first-order valence-electron chi connectivity index (χ1n) is 15.6. The summed E-state index contributed by atoms with van der Waals surface area (Å²) in [4.78, 5) is 42.3. The SMILES string of the molecule is COC(=O)c1ccc(NC(=O)C[C@@]2(C)C[C@H](c3cccc(Cl)c3)[C@@H](c3ccc(Cl)cc3)N([C@@H](C(C)C)C(C(C)C)S(=O)[O-])C2=O)cc1. The van der Waals surface area contributed by atoms with Gasteiger partial charge in [-0.1, -0.05) is 82.1 Å². The van der Waals surface area contributed by atoms with Gasteiger partial charge in [0.25, 0.3) is 0 Å². The lowest BCUT2D eigenvalue weighted by atomic mass is 9.66. The van der Waals surface area contributed by atoms with Gasteiger partial charge in [0, 0.05) is 39.4 Å². The van der Waals surface area contributed by atoms with Gasteiger partial charge in [0.2, 0.25) is 11.8 Å². The van der Waals surface area contributed by atoms with Crippen molar-refractivity contribution in [3.63, 3.8) is 0 Å². The summed E-state index contributed by atoms with van der Waals surface area (Å²) in [6.07, 6.45) is 0.130. The van der Waals surface area contributed by atoms with Crippen LogP contribution in [0.2, 0.25) is 10.0 Å². The molecule has 4 rings (SSSR count). The van der Waals surface area contributed by atoms with Gasteiger partial charge >= 0.3 is 5.97 Å². The number of amides is 2. The zero-order valence-corrected chi connectivity index (χ0v) is 29.7. The summed E-state index contributed by atoms with van der Waals surface area (Å²) < 4.78 is 30.5. The van der Waals surface area contributed by atoms with E-state index in [1.54, 1.807) is 54.3 Å².